The van der Waals surface area contributed by atoms with E-state index < -0.39 is 23.6 Å². The molecule has 6 nitrogen and oxygen atoms in total. The number of hydrogen-bond acceptors (Lipinski definition) is 4. The van der Waals surface area contributed by atoms with E-state index in [1.165, 1.54) is 36.4 Å². The number of benzene rings is 3. The van der Waals surface area contributed by atoms with Gasteiger partial charge in [-0.15, -0.1) is 0 Å². The van der Waals surface area contributed by atoms with E-state index in [4.69, 9.17) is 9.47 Å². The lowest BCUT2D eigenvalue weighted by atomic mass is 10.1. The first-order valence-electron chi connectivity index (χ1n) is 9.89. The fraction of sp³-hybridized carbons (Fsp3) is 0.167. The zero-order valence-electron chi connectivity index (χ0n) is 17.6. The van der Waals surface area contributed by atoms with E-state index in [0.29, 0.717) is 23.6 Å². The molecule has 3 aromatic carbocycles. The summed E-state index contributed by atoms with van der Waals surface area (Å²) in [5, 5.41) is 5.16. The summed E-state index contributed by atoms with van der Waals surface area (Å²) < 4.78 is 49.0. The summed E-state index contributed by atoms with van der Waals surface area (Å²) in [6, 6.07) is 17.1. The molecule has 0 heterocycles. The molecule has 172 valence electrons. The molecule has 0 saturated carbocycles. The lowest BCUT2D eigenvalue weighted by Crippen LogP contribution is -2.15. The zero-order chi connectivity index (χ0) is 23.8. The van der Waals surface area contributed by atoms with Crippen LogP contribution in [-0.2, 0) is 10.9 Å². The second kappa shape index (κ2) is 10.6. The number of anilines is 2. The highest BCUT2D eigenvalue weighted by atomic mass is 19.4. The molecule has 0 aliphatic carbocycles. The third-order valence-electron chi connectivity index (χ3n) is 4.53. The summed E-state index contributed by atoms with van der Waals surface area (Å²) >= 11 is 0. The van der Waals surface area contributed by atoms with Crippen LogP contribution in [0.4, 0.5) is 24.5 Å². The van der Waals surface area contributed by atoms with Crippen LogP contribution in [0.2, 0.25) is 0 Å². The highest BCUT2D eigenvalue weighted by Crippen LogP contribution is 2.30. The molecule has 0 bridgehead atoms. The molecule has 0 spiro atoms. The van der Waals surface area contributed by atoms with Crippen LogP contribution in [-0.4, -0.2) is 32.1 Å². The van der Waals surface area contributed by atoms with E-state index in [1.807, 2.05) is 0 Å². The van der Waals surface area contributed by atoms with Crippen LogP contribution in [0.15, 0.2) is 72.8 Å². The molecule has 0 atom stereocenters. The van der Waals surface area contributed by atoms with E-state index in [2.05, 4.69) is 10.6 Å². The van der Waals surface area contributed by atoms with Crippen LogP contribution in [0.5, 0.6) is 5.75 Å². The van der Waals surface area contributed by atoms with Crippen molar-refractivity contribution in [1.29, 1.82) is 0 Å². The second-order valence-corrected chi connectivity index (χ2v) is 6.90. The van der Waals surface area contributed by atoms with Gasteiger partial charge in [0.15, 0.2) is 0 Å². The predicted octanol–water partition coefficient (Wildman–Crippen LogP) is 5.24. The molecule has 0 unspecified atom stereocenters. The smallest absolute Gasteiger partial charge is 0.416 e. The minimum Gasteiger partial charge on any atom is -0.490 e. The molecular weight excluding hydrogens is 437 g/mol. The highest BCUT2D eigenvalue weighted by molar-refractivity contribution is 6.07. The monoisotopic (exact) mass is 458 g/mol. The van der Waals surface area contributed by atoms with Gasteiger partial charge in [-0.05, 0) is 54.6 Å². The largest absolute Gasteiger partial charge is 0.490 e. The van der Waals surface area contributed by atoms with Gasteiger partial charge in [0.2, 0.25) is 0 Å². The van der Waals surface area contributed by atoms with E-state index >= 15 is 0 Å². The molecule has 33 heavy (non-hydrogen) atoms. The number of hydrogen-bond donors (Lipinski definition) is 2. The maximum atomic E-state index is 12.8. The Bertz CT molecular complexity index is 1120. The average Bonchev–Trinajstić information content (AvgIpc) is 2.79. The van der Waals surface area contributed by atoms with Gasteiger partial charge in [-0.3, -0.25) is 9.59 Å². The number of carbonyl (C=O) groups is 2. The van der Waals surface area contributed by atoms with Gasteiger partial charge in [0, 0.05) is 24.0 Å². The Morgan fingerprint density at radius 2 is 1.52 bits per heavy atom. The second-order valence-electron chi connectivity index (χ2n) is 6.90. The highest BCUT2D eigenvalue weighted by Gasteiger charge is 2.30. The van der Waals surface area contributed by atoms with Crippen LogP contribution in [0.25, 0.3) is 0 Å². The Morgan fingerprint density at radius 3 is 2.21 bits per heavy atom. The van der Waals surface area contributed by atoms with Crippen molar-refractivity contribution in [3.63, 3.8) is 0 Å². The molecule has 0 fully saturated rings. The van der Waals surface area contributed by atoms with Crippen LogP contribution in [0.1, 0.15) is 26.3 Å². The molecule has 0 saturated heterocycles. The van der Waals surface area contributed by atoms with Crippen molar-refractivity contribution in [1.82, 2.24) is 0 Å². The predicted molar refractivity (Wildman–Crippen MR) is 118 cm³/mol. The van der Waals surface area contributed by atoms with Crippen molar-refractivity contribution >= 4 is 23.2 Å². The summed E-state index contributed by atoms with van der Waals surface area (Å²) in [6.45, 7) is 0.663. The third kappa shape index (κ3) is 6.56. The maximum Gasteiger partial charge on any atom is 0.416 e. The van der Waals surface area contributed by atoms with Gasteiger partial charge in [-0.1, -0.05) is 18.2 Å². The van der Waals surface area contributed by atoms with Gasteiger partial charge >= 0.3 is 6.18 Å². The Hall–Kier alpha value is -3.85. The van der Waals surface area contributed by atoms with Crippen LogP contribution < -0.4 is 15.4 Å². The molecule has 0 aliphatic rings. The van der Waals surface area contributed by atoms with Gasteiger partial charge in [0.25, 0.3) is 11.8 Å². The number of carbonyl (C=O) groups excluding carboxylic acids is 2. The van der Waals surface area contributed by atoms with Gasteiger partial charge in [0.05, 0.1) is 17.7 Å². The first-order valence-corrected chi connectivity index (χ1v) is 9.89. The number of rotatable bonds is 8. The van der Waals surface area contributed by atoms with Gasteiger partial charge in [0.1, 0.15) is 12.4 Å². The molecular formula is C24H21F3N2O4. The van der Waals surface area contributed by atoms with E-state index in [0.717, 1.165) is 12.1 Å². The van der Waals surface area contributed by atoms with Crippen molar-refractivity contribution in [3.8, 4) is 5.75 Å². The lowest BCUT2D eigenvalue weighted by Gasteiger charge is -2.12. The van der Waals surface area contributed by atoms with Crippen LogP contribution in [0.3, 0.4) is 0 Å². The summed E-state index contributed by atoms with van der Waals surface area (Å²) in [5.74, 6) is -0.572. The Morgan fingerprint density at radius 1 is 0.818 bits per heavy atom. The van der Waals surface area contributed by atoms with Gasteiger partial charge in [-0.25, -0.2) is 0 Å². The van der Waals surface area contributed by atoms with Crippen molar-refractivity contribution in [2.24, 2.45) is 0 Å². The molecule has 0 aromatic heterocycles. The fourth-order valence-corrected chi connectivity index (χ4v) is 2.89. The standard InChI is InChI=1S/C24H21F3N2O4/c1-32-13-14-33-21-8-3-2-7-20(21)23(31)28-18-11-9-16(10-12-18)22(30)29-19-6-4-5-17(15-19)24(25,26)27/h2-12,15H,13-14H2,1H3,(H,28,31)(H,29,30). The van der Waals surface area contributed by atoms with E-state index in [-0.39, 0.29) is 17.9 Å². The molecule has 3 aromatic rings. The normalized spacial score (nSPS) is 11.0. The number of para-hydroxylation sites is 1. The van der Waals surface area contributed by atoms with E-state index in [1.54, 1.807) is 31.4 Å². The molecule has 9 heteroatoms. The number of ether oxygens (including phenoxy) is 2. The summed E-state index contributed by atoms with van der Waals surface area (Å²) in [7, 11) is 1.55. The minimum atomic E-state index is -4.51. The Balaban J connectivity index is 1.65. The van der Waals surface area contributed by atoms with Crippen molar-refractivity contribution in [3.05, 3.63) is 89.5 Å². The van der Waals surface area contributed by atoms with Crippen LogP contribution in [0, 0.1) is 0 Å². The van der Waals surface area contributed by atoms with Crippen molar-refractivity contribution in [2.45, 2.75) is 6.18 Å². The number of methoxy groups -OCH3 is 1. The summed E-state index contributed by atoms with van der Waals surface area (Å²) in [4.78, 5) is 25.0. The van der Waals surface area contributed by atoms with Crippen LogP contribution >= 0.6 is 0 Å². The van der Waals surface area contributed by atoms with Crippen molar-refractivity contribution in [2.75, 3.05) is 31.0 Å². The quantitative estimate of drug-likeness (QED) is 0.453. The molecule has 2 N–H and O–H groups in total. The molecule has 0 radical (unpaired) electrons. The number of amides is 2. The van der Waals surface area contributed by atoms with Crippen molar-refractivity contribution < 1.29 is 32.2 Å². The first-order chi connectivity index (χ1) is 15.8. The third-order valence-corrected chi connectivity index (χ3v) is 4.53. The summed E-state index contributed by atoms with van der Waals surface area (Å²) in [5.41, 5.74) is 0.151. The lowest BCUT2D eigenvalue weighted by molar-refractivity contribution is -0.137. The number of halogens is 3. The SMILES string of the molecule is COCCOc1ccccc1C(=O)Nc1ccc(C(=O)Nc2cccc(C(F)(F)F)c2)cc1. The zero-order valence-corrected chi connectivity index (χ0v) is 17.6. The first kappa shape index (κ1) is 23.8. The molecule has 0 aliphatic heterocycles. The topological polar surface area (TPSA) is 76.7 Å². The summed E-state index contributed by atoms with van der Waals surface area (Å²) in [6.07, 6.45) is -4.51. The maximum absolute atomic E-state index is 12.8. The number of alkyl halides is 3. The number of nitrogens with one attached hydrogen (secondary N) is 2. The average molecular weight is 458 g/mol. The minimum absolute atomic E-state index is 0.0253. The van der Waals surface area contributed by atoms with E-state index in [9.17, 15) is 22.8 Å². The Kier molecular flexibility index (Phi) is 7.68. The Labute approximate surface area is 188 Å². The van der Waals surface area contributed by atoms with Gasteiger partial charge in [-0.2, -0.15) is 13.2 Å². The fourth-order valence-electron chi connectivity index (χ4n) is 2.89. The van der Waals surface area contributed by atoms with Gasteiger partial charge < -0.3 is 20.1 Å². The molecule has 3 rings (SSSR count). The molecule has 2 amide bonds.